The highest BCUT2D eigenvalue weighted by atomic mass is 32.2. The van der Waals surface area contributed by atoms with Crippen molar-refractivity contribution in [3.05, 3.63) is 64.5 Å². The molecule has 0 amide bonds. The van der Waals surface area contributed by atoms with Crippen LogP contribution in [0.3, 0.4) is 0 Å². The summed E-state index contributed by atoms with van der Waals surface area (Å²) in [5, 5.41) is 10.9. The van der Waals surface area contributed by atoms with Crippen molar-refractivity contribution in [3.8, 4) is 0 Å². The van der Waals surface area contributed by atoms with E-state index in [0.29, 0.717) is 5.69 Å². The average molecular weight is 310 g/mol. The lowest BCUT2D eigenvalue weighted by Gasteiger charge is -2.19. The van der Waals surface area contributed by atoms with Crippen LogP contribution in [0.15, 0.2) is 53.4 Å². The molecule has 21 heavy (non-hydrogen) atoms. The maximum absolute atomic E-state index is 13.6. The Kier molecular flexibility index (Phi) is 3.90. The van der Waals surface area contributed by atoms with Crippen molar-refractivity contribution in [1.29, 1.82) is 0 Å². The lowest BCUT2D eigenvalue weighted by Crippen LogP contribution is -2.27. The van der Waals surface area contributed by atoms with Crippen LogP contribution in [0.5, 0.6) is 0 Å². The molecule has 0 saturated heterocycles. The first-order chi connectivity index (χ1) is 9.85. The van der Waals surface area contributed by atoms with Gasteiger partial charge in [0.05, 0.1) is 10.6 Å². The molecule has 8 heteroatoms. The topological polar surface area (TPSA) is 80.5 Å². The Labute approximate surface area is 120 Å². The summed E-state index contributed by atoms with van der Waals surface area (Å²) in [7, 11) is -2.99. The molecular weight excluding hydrogens is 299 g/mol. The fourth-order valence-corrected chi connectivity index (χ4v) is 3.17. The molecule has 0 fully saturated rings. The van der Waals surface area contributed by atoms with Crippen molar-refractivity contribution in [3.63, 3.8) is 0 Å². The van der Waals surface area contributed by atoms with Gasteiger partial charge in [-0.2, -0.15) is 4.39 Å². The van der Waals surface area contributed by atoms with E-state index in [1.54, 1.807) is 18.2 Å². The van der Waals surface area contributed by atoms with Gasteiger partial charge >= 0.3 is 5.69 Å². The number of para-hydroxylation sites is 2. The quantitative estimate of drug-likeness (QED) is 0.642. The van der Waals surface area contributed by atoms with E-state index in [4.69, 9.17) is 0 Å². The van der Waals surface area contributed by atoms with Crippen LogP contribution in [-0.2, 0) is 10.0 Å². The van der Waals surface area contributed by atoms with Gasteiger partial charge in [0, 0.05) is 7.05 Å². The van der Waals surface area contributed by atoms with Crippen LogP contribution in [0.1, 0.15) is 0 Å². The summed E-state index contributed by atoms with van der Waals surface area (Å²) < 4.78 is 39.4. The third-order valence-electron chi connectivity index (χ3n) is 2.89. The van der Waals surface area contributed by atoms with E-state index in [1.165, 1.54) is 19.2 Å². The smallest absolute Gasteiger partial charge is 0.269 e. The highest BCUT2D eigenvalue weighted by Crippen LogP contribution is 2.30. The lowest BCUT2D eigenvalue weighted by molar-refractivity contribution is -0.390. The number of hydrogen-bond acceptors (Lipinski definition) is 4. The number of rotatable bonds is 4. The molecule has 2 aromatic rings. The first-order valence-corrected chi connectivity index (χ1v) is 7.26. The summed E-state index contributed by atoms with van der Waals surface area (Å²) in [6, 6.07) is 11.0. The van der Waals surface area contributed by atoms with Gasteiger partial charge in [-0.05, 0) is 24.3 Å². The number of nitro benzene ring substituents is 1. The number of nitrogens with zero attached hydrogens (tertiary/aromatic N) is 2. The van der Waals surface area contributed by atoms with E-state index in [2.05, 4.69) is 0 Å². The minimum Gasteiger partial charge on any atom is -0.269 e. The Bertz CT molecular complexity index is 778. The van der Waals surface area contributed by atoms with Gasteiger partial charge < -0.3 is 0 Å². The van der Waals surface area contributed by atoms with Crippen LogP contribution in [0.2, 0.25) is 0 Å². The molecule has 0 aliphatic heterocycles. The number of anilines is 1. The monoisotopic (exact) mass is 310 g/mol. The molecule has 0 N–H and O–H groups in total. The van der Waals surface area contributed by atoms with E-state index in [-0.39, 0.29) is 0 Å². The largest absolute Gasteiger partial charge is 0.325 e. The fraction of sp³-hybridized carbons (Fsp3) is 0.0769. The Morgan fingerprint density at radius 1 is 1.10 bits per heavy atom. The Morgan fingerprint density at radius 2 is 1.71 bits per heavy atom. The molecule has 0 aliphatic carbocycles. The summed E-state index contributed by atoms with van der Waals surface area (Å²) in [5.74, 6) is -1.19. The molecular formula is C13H11FN2O4S. The molecule has 0 aliphatic rings. The molecule has 2 rings (SSSR count). The fourth-order valence-electron chi connectivity index (χ4n) is 1.81. The van der Waals surface area contributed by atoms with Gasteiger partial charge in [-0.25, -0.2) is 8.42 Å². The zero-order valence-corrected chi connectivity index (χ0v) is 11.7. The van der Waals surface area contributed by atoms with Gasteiger partial charge in [0.25, 0.3) is 10.0 Å². The Hall–Kier alpha value is -2.48. The number of halogens is 1. The molecule has 0 spiro atoms. The number of nitro groups is 1. The van der Waals surface area contributed by atoms with E-state index in [9.17, 15) is 22.9 Å². The number of hydrogen-bond donors (Lipinski definition) is 0. The maximum Gasteiger partial charge on any atom is 0.325 e. The SMILES string of the molecule is CN(c1ccccc1)S(=O)(=O)c1cccc(F)c1[N+](=O)[O-]. The molecule has 6 nitrogen and oxygen atoms in total. The molecule has 0 saturated carbocycles. The van der Waals surface area contributed by atoms with Crippen LogP contribution < -0.4 is 4.31 Å². The number of sulfonamides is 1. The summed E-state index contributed by atoms with van der Waals surface area (Å²) in [4.78, 5) is 9.21. The van der Waals surface area contributed by atoms with Crippen molar-refractivity contribution in [2.24, 2.45) is 0 Å². The van der Waals surface area contributed by atoms with Crippen molar-refractivity contribution in [2.75, 3.05) is 11.4 Å². The second-order valence-corrected chi connectivity index (χ2v) is 6.09. The normalized spacial score (nSPS) is 11.1. The van der Waals surface area contributed by atoms with Crippen molar-refractivity contribution in [1.82, 2.24) is 0 Å². The summed E-state index contributed by atoms with van der Waals surface area (Å²) >= 11 is 0. The standard InChI is InChI=1S/C13H11FN2O4S/c1-15(10-6-3-2-4-7-10)21(19,20)12-9-5-8-11(14)13(12)16(17)18/h2-9H,1H3. The zero-order valence-electron chi connectivity index (χ0n) is 10.9. The molecule has 0 radical (unpaired) electrons. The van der Waals surface area contributed by atoms with Crippen LogP contribution in [0.25, 0.3) is 0 Å². The van der Waals surface area contributed by atoms with E-state index in [0.717, 1.165) is 22.5 Å². The van der Waals surface area contributed by atoms with E-state index >= 15 is 0 Å². The zero-order chi connectivity index (χ0) is 15.6. The second kappa shape index (κ2) is 5.49. The maximum atomic E-state index is 13.6. The first kappa shape index (κ1) is 14.9. The van der Waals surface area contributed by atoms with Gasteiger partial charge in [-0.1, -0.05) is 24.3 Å². The third-order valence-corrected chi connectivity index (χ3v) is 4.71. The molecule has 0 bridgehead atoms. The summed E-state index contributed by atoms with van der Waals surface area (Å²) in [6.45, 7) is 0. The summed E-state index contributed by atoms with van der Waals surface area (Å²) in [5.41, 5.74) is -0.739. The first-order valence-electron chi connectivity index (χ1n) is 5.82. The molecule has 110 valence electrons. The van der Waals surface area contributed by atoms with Crippen molar-refractivity contribution < 1.29 is 17.7 Å². The van der Waals surface area contributed by atoms with Crippen LogP contribution in [-0.4, -0.2) is 20.4 Å². The third kappa shape index (κ3) is 2.70. The van der Waals surface area contributed by atoms with E-state index in [1.807, 2.05) is 0 Å². The minimum atomic E-state index is -4.24. The van der Waals surface area contributed by atoms with Crippen molar-refractivity contribution >= 4 is 21.4 Å². The average Bonchev–Trinajstić information content (AvgIpc) is 2.46. The second-order valence-electron chi connectivity index (χ2n) is 4.15. The predicted molar refractivity (Wildman–Crippen MR) is 75.1 cm³/mol. The highest BCUT2D eigenvalue weighted by molar-refractivity contribution is 7.93. The Morgan fingerprint density at radius 3 is 2.29 bits per heavy atom. The van der Waals surface area contributed by atoms with Gasteiger partial charge in [0.1, 0.15) is 0 Å². The molecule has 0 atom stereocenters. The van der Waals surface area contributed by atoms with Gasteiger partial charge in [-0.15, -0.1) is 0 Å². The minimum absolute atomic E-state index is 0.316. The number of benzene rings is 2. The molecule has 0 aromatic heterocycles. The summed E-state index contributed by atoms with van der Waals surface area (Å²) in [6.07, 6.45) is 0. The van der Waals surface area contributed by atoms with Gasteiger partial charge in [-0.3, -0.25) is 14.4 Å². The van der Waals surface area contributed by atoms with Gasteiger partial charge in [0.15, 0.2) is 4.90 Å². The van der Waals surface area contributed by atoms with Crippen LogP contribution in [0.4, 0.5) is 15.8 Å². The van der Waals surface area contributed by atoms with Crippen LogP contribution >= 0.6 is 0 Å². The van der Waals surface area contributed by atoms with E-state index < -0.39 is 31.3 Å². The molecule has 0 unspecified atom stereocenters. The molecule has 0 heterocycles. The molecule has 2 aromatic carbocycles. The van der Waals surface area contributed by atoms with Crippen molar-refractivity contribution in [2.45, 2.75) is 4.90 Å². The lowest BCUT2D eigenvalue weighted by atomic mass is 10.3. The van der Waals surface area contributed by atoms with Crippen LogP contribution in [0, 0.1) is 15.9 Å². The predicted octanol–water partition coefficient (Wildman–Crippen LogP) is 2.56. The highest BCUT2D eigenvalue weighted by Gasteiger charge is 2.32. The Balaban J connectivity index is 2.61. The van der Waals surface area contributed by atoms with Gasteiger partial charge in [0.2, 0.25) is 5.82 Å².